The number of benzene rings is 2. The Kier molecular flexibility index (Phi) is 8.73. The van der Waals surface area contributed by atoms with Gasteiger partial charge in [-0.15, -0.1) is 0 Å². The number of rotatable bonds is 9. The van der Waals surface area contributed by atoms with Crippen molar-refractivity contribution in [3.8, 4) is 5.75 Å². The fourth-order valence-electron chi connectivity index (χ4n) is 2.70. The Morgan fingerprint density at radius 3 is 1.38 bits per heavy atom. The van der Waals surface area contributed by atoms with Gasteiger partial charge in [-0.05, 0) is 50.2 Å². The topological polar surface area (TPSA) is 149 Å². The van der Waals surface area contributed by atoms with E-state index < -0.39 is 44.6 Å². The number of esters is 4. The molecule has 0 atom stereocenters. The Morgan fingerprint density at radius 1 is 0.647 bits per heavy atom. The maximum Gasteiger partial charge on any atom is 0.339 e. The number of carbonyl (C=O) groups excluding carboxylic acids is 4. The van der Waals surface area contributed by atoms with Crippen molar-refractivity contribution in [1.29, 1.82) is 0 Å². The van der Waals surface area contributed by atoms with Gasteiger partial charge in [-0.25, -0.2) is 19.2 Å². The summed E-state index contributed by atoms with van der Waals surface area (Å²) in [6.07, 6.45) is 0. The summed E-state index contributed by atoms with van der Waals surface area (Å²) in [6.45, 7) is 3.21. The molecule has 11 nitrogen and oxygen atoms in total. The predicted octanol–water partition coefficient (Wildman–Crippen LogP) is 2.38. The van der Waals surface area contributed by atoms with Crippen molar-refractivity contribution in [2.75, 3.05) is 27.4 Å². The normalized spacial score (nSPS) is 10.7. The van der Waals surface area contributed by atoms with E-state index in [2.05, 4.69) is 9.47 Å². The average molecular weight is 494 g/mol. The number of hydrogen-bond acceptors (Lipinski definition) is 11. The Bertz CT molecular complexity index is 1140. The predicted molar refractivity (Wildman–Crippen MR) is 115 cm³/mol. The number of hydrogen-bond donors (Lipinski definition) is 0. The molecule has 0 amide bonds. The maximum absolute atomic E-state index is 13.0. The van der Waals surface area contributed by atoms with Gasteiger partial charge in [-0.2, -0.15) is 8.42 Å². The van der Waals surface area contributed by atoms with E-state index in [1.54, 1.807) is 13.8 Å². The zero-order valence-corrected chi connectivity index (χ0v) is 19.6. The second kappa shape index (κ2) is 11.3. The number of methoxy groups -OCH3 is 2. The standard InChI is InChI=1S/C22H22O11S/c1-5-31-21(25)13-7-14(22(26)32-6-2)10-17(9-13)33-34(27,28)18-11-15(19(23)29-3)8-16(12-18)20(24)30-4/h7-12H,5-6H2,1-4H3. The van der Waals surface area contributed by atoms with Crippen molar-refractivity contribution < 1.29 is 50.7 Å². The van der Waals surface area contributed by atoms with Crippen LogP contribution in [0.3, 0.4) is 0 Å². The van der Waals surface area contributed by atoms with Crippen molar-refractivity contribution in [3.63, 3.8) is 0 Å². The van der Waals surface area contributed by atoms with Crippen LogP contribution in [0.1, 0.15) is 55.3 Å². The molecule has 12 heteroatoms. The Morgan fingerprint density at radius 2 is 1.03 bits per heavy atom. The van der Waals surface area contributed by atoms with Gasteiger partial charge < -0.3 is 23.1 Å². The molecule has 0 saturated carbocycles. The van der Waals surface area contributed by atoms with E-state index in [0.717, 1.165) is 44.6 Å². The lowest BCUT2D eigenvalue weighted by Crippen LogP contribution is -2.15. The lowest BCUT2D eigenvalue weighted by Gasteiger charge is -2.12. The highest BCUT2D eigenvalue weighted by Gasteiger charge is 2.24. The molecule has 0 aliphatic rings. The fraction of sp³-hybridized carbons (Fsp3) is 0.273. The van der Waals surface area contributed by atoms with Crippen LogP contribution < -0.4 is 4.18 Å². The molecule has 0 unspecified atom stereocenters. The van der Waals surface area contributed by atoms with Crippen LogP contribution in [0.5, 0.6) is 5.75 Å². The third-order valence-corrected chi connectivity index (χ3v) is 5.40. The molecule has 0 fully saturated rings. The molecule has 0 aliphatic carbocycles. The van der Waals surface area contributed by atoms with E-state index in [1.165, 1.54) is 6.07 Å². The summed E-state index contributed by atoms with van der Waals surface area (Å²) in [5.41, 5.74) is -0.813. The van der Waals surface area contributed by atoms with Crippen LogP contribution in [-0.4, -0.2) is 59.7 Å². The van der Waals surface area contributed by atoms with E-state index in [0.29, 0.717) is 0 Å². The number of ether oxygens (including phenoxy) is 4. The molecule has 0 spiro atoms. The van der Waals surface area contributed by atoms with Crippen molar-refractivity contribution in [2.45, 2.75) is 18.7 Å². The zero-order chi connectivity index (χ0) is 25.5. The minimum Gasteiger partial charge on any atom is -0.465 e. The second-order valence-corrected chi connectivity index (χ2v) is 8.00. The molecule has 0 N–H and O–H groups in total. The van der Waals surface area contributed by atoms with Crippen molar-refractivity contribution in [3.05, 3.63) is 58.7 Å². The second-order valence-electron chi connectivity index (χ2n) is 6.45. The molecule has 182 valence electrons. The summed E-state index contributed by atoms with van der Waals surface area (Å²) in [5, 5.41) is 0. The molecule has 2 rings (SSSR count). The average Bonchev–Trinajstić information content (AvgIpc) is 2.82. The number of carbonyl (C=O) groups is 4. The first-order chi connectivity index (χ1) is 16.1. The fourth-order valence-corrected chi connectivity index (χ4v) is 3.69. The molecule has 0 saturated heterocycles. The Labute approximate surface area is 195 Å². The monoisotopic (exact) mass is 494 g/mol. The van der Waals surface area contributed by atoms with Crippen LogP contribution in [0, 0.1) is 0 Å². The summed E-state index contributed by atoms with van der Waals surface area (Å²) in [7, 11) is -2.51. The summed E-state index contributed by atoms with van der Waals surface area (Å²) in [6, 6.07) is 6.26. The van der Waals surface area contributed by atoms with Gasteiger partial charge in [0.2, 0.25) is 0 Å². The Hall–Kier alpha value is -3.93. The zero-order valence-electron chi connectivity index (χ0n) is 18.8. The third-order valence-electron chi connectivity index (χ3n) is 4.17. The van der Waals surface area contributed by atoms with Crippen LogP contribution in [0.25, 0.3) is 0 Å². The first kappa shape index (κ1) is 26.3. The van der Waals surface area contributed by atoms with Gasteiger partial charge in [0.05, 0.1) is 49.7 Å². The van der Waals surface area contributed by atoms with Gasteiger partial charge in [-0.1, -0.05) is 0 Å². The lowest BCUT2D eigenvalue weighted by molar-refractivity contribution is 0.0520. The van der Waals surface area contributed by atoms with Crippen molar-refractivity contribution in [1.82, 2.24) is 0 Å². The summed E-state index contributed by atoms with van der Waals surface area (Å²) in [4.78, 5) is 47.7. The largest absolute Gasteiger partial charge is 0.465 e. The van der Waals surface area contributed by atoms with Gasteiger partial charge in [0.25, 0.3) is 0 Å². The van der Waals surface area contributed by atoms with E-state index in [9.17, 15) is 27.6 Å². The van der Waals surface area contributed by atoms with Crippen molar-refractivity contribution in [2.24, 2.45) is 0 Å². The SMILES string of the molecule is CCOC(=O)c1cc(OS(=O)(=O)c2cc(C(=O)OC)cc(C(=O)OC)c2)cc(C(=O)OCC)c1. The van der Waals surface area contributed by atoms with Gasteiger partial charge in [0.15, 0.2) is 0 Å². The molecule has 34 heavy (non-hydrogen) atoms. The van der Waals surface area contributed by atoms with E-state index in [4.69, 9.17) is 13.7 Å². The van der Waals surface area contributed by atoms with Crippen LogP contribution >= 0.6 is 0 Å². The lowest BCUT2D eigenvalue weighted by atomic mass is 10.1. The first-order valence-corrected chi connectivity index (χ1v) is 11.2. The molecule has 0 bridgehead atoms. The summed E-state index contributed by atoms with van der Waals surface area (Å²) < 4.78 is 50.1. The third kappa shape index (κ3) is 6.32. The van der Waals surface area contributed by atoms with E-state index in [-0.39, 0.29) is 35.5 Å². The Balaban J connectivity index is 2.58. The maximum atomic E-state index is 13.0. The quantitative estimate of drug-likeness (QED) is 0.287. The van der Waals surface area contributed by atoms with Gasteiger partial charge >= 0.3 is 34.0 Å². The van der Waals surface area contributed by atoms with Gasteiger partial charge in [0, 0.05) is 0 Å². The smallest absolute Gasteiger partial charge is 0.339 e. The minimum atomic E-state index is -4.67. The molecule has 2 aromatic carbocycles. The van der Waals surface area contributed by atoms with Crippen LogP contribution in [0.15, 0.2) is 41.3 Å². The van der Waals surface area contributed by atoms with E-state index >= 15 is 0 Å². The summed E-state index contributed by atoms with van der Waals surface area (Å²) >= 11 is 0. The summed E-state index contributed by atoms with van der Waals surface area (Å²) in [5.74, 6) is -3.86. The molecular formula is C22H22O11S. The van der Waals surface area contributed by atoms with Gasteiger partial charge in [-0.3, -0.25) is 0 Å². The molecule has 0 aromatic heterocycles. The van der Waals surface area contributed by atoms with E-state index in [1.807, 2.05) is 0 Å². The highest BCUT2D eigenvalue weighted by molar-refractivity contribution is 7.87. The van der Waals surface area contributed by atoms with Crippen LogP contribution in [0.4, 0.5) is 0 Å². The first-order valence-electron chi connectivity index (χ1n) is 9.81. The van der Waals surface area contributed by atoms with Crippen molar-refractivity contribution >= 4 is 34.0 Å². The molecule has 0 radical (unpaired) electrons. The molecule has 0 aliphatic heterocycles. The van der Waals surface area contributed by atoms with Gasteiger partial charge in [0.1, 0.15) is 10.6 Å². The molecule has 0 heterocycles. The highest BCUT2D eigenvalue weighted by Crippen LogP contribution is 2.25. The highest BCUT2D eigenvalue weighted by atomic mass is 32.2. The van der Waals surface area contributed by atoms with Crippen LogP contribution in [-0.2, 0) is 29.1 Å². The van der Waals surface area contributed by atoms with Crippen LogP contribution in [0.2, 0.25) is 0 Å². The minimum absolute atomic E-state index is 0.0353. The molecular weight excluding hydrogens is 472 g/mol. The molecule has 2 aromatic rings.